The van der Waals surface area contributed by atoms with E-state index in [1.165, 1.54) is 73.9 Å². The molecule has 0 saturated carbocycles. The van der Waals surface area contributed by atoms with Crippen LogP contribution in [0.2, 0.25) is 0 Å². The van der Waals surface area contributed by atoms with Crippen LogP contribution in [0.3, 0.4) is 0 Å². The molecule has 2 aliphatic rings. The number of methoxy groups -OCH3 is 1. The van der Waals surface area contributed by atoms with E-state index < -0.39 is 0 Å². The lowest BCUT2D eigenvalue weighted by Crippen LogP contribution is -2.33. The maximum Gasteiger partial charge on any atom is 0.119 e. The predicted molar refractivity (Wildman–Crippen MR) is 139 cm³/mol. The summed E-state index contributed by atoms with van der Waals surface area (Å²) >= 11 is 0. The van der Waals surface area contributed by atoms with Crippen LogP contribution in [0.15, 0.2) is 72.8 Å². The molecule has 3 nitrogen and oxygen atoms in total. The van der Waals surface area contributed by atoms with Gasteiger partial charge in [0.25, 0.3) is 0 Å². The molecule has 0 radical (unpaired) electrons. The number of fused-ring (bicyclic) bond motifs is 1. The molecule has 2 atom stereocenters. The molecule has 2 unspecified atom stereocenters. The first-order chi connectivity index (χ1) is 16.8. The largest absolute Gasteiger partial charge is 0.497 e. The number of aryl methyl sites for hydroxylation is 1. The van der Waals surface area contributed by atoms with Crippen molar-refractivity contribution >= 4 is 0 Å². The first-order valence-electron chi connectivity index (χ1n) is 13.0. The van der Waals surface area contributed by atoms with Gasteiger partial charge in [0.1, 0.15) is 18.1 Å². The van der Waals surface area contributed by atoms with E-state index in [1.54, 1.807) is 7.11 Å². The Hall–Kier alpha value is -2.78. The van der Waals surface area contributed by atoms with Crippen LogP contribution in [0.1, 0.15) is 66.2 Å². The van der Waals surface area contributed by atoms with Crippen molar-refractivity contribution < 1.29 is 9.47 Å². The third kappa shape index (κ3) is 5.31. The van der Waals surface area contributed by atoms with Gasteiger partial charge in [0.15, 0.2) is 0 Å². The van der Waals surface area contributed by atoms with Crippen molar-refractivity contribution in [2.75, 3.05) is 33.4 Å². The van der Waals surface area contributed by atoms with E-state index >= 15 is 0 Å². The predicted octanol–water partition coefficient (Wildman–Crippen LogP) is 6.81. The Morgan fingerprint density at radius 1 is 0.794 bits per heavy atom. The van der Waals surface area contributed by atoms with Gasteiger partial charge in [0, 0.05) is 12.5 Å². The summed E-state index contributed by atoms with van der Waals surface area (Å²) in [6.45, 7) is 4.22. The highest BCUT2D eigenvalue weighted by atomic mass is 16.5. The second-order valence-electron chi connectivity index (χ2n) is 9.77. The highest BCUT2D eigenvalue weighted by molar-refractivity contribution is 5.44. The van der Waals surface area contributed by atoms with Gasteiger partial charge in [0.2, 0.25) is 0 Å². The summed E-state index contributed by atoms with van der Waals surface area (Å²) in [5, 5.41) is 0. The summed E-state index contributed by atoms with van der Waals surface area (Å²) < 4.78 is 11.6. The van der Waals surface area contributed by atoms with Gasteiger partial charge in [-0.25, -0.2) is 0 Å². The minimum Gasteiger partial charge on any atom is -0.497 e. The highest BCUT2D eigenvalue weighted by Gasteiger charge is 2.30. The summed E-state index contributed by atoms with van der Waals surface area (Å²) in [4.78, 5) is 2.53. The lowest BCUT2D eigenvalue weighted by atomic mass is 9.71. The fraction of sp³-hybridized carbons (Fsp3) is 0.419. The molecule has 1 aliphatic heterocycles. The summed E-state index contributed by atoms with van der Waals surface area (Å²) in [7, 11) is 1.73. The van der Waals surface area contributed by atoms with E-state index in [0.29, 0.717) is 11.8 Å². The maximum absolute atomic E-state index is 6.12. The fourth-order valence-electron chi connectivity index (χ4n) is 5.85. The molecule has 3 aromatic carbocycles. The minimum absolute atomic E-state index is 0.315. The summed E-state index contributed by atoms with van der Waals surface area (Å²) in [6.07, 6.45) is 7.66. The first kappa shape index (κ1) is 23.0. The number of ether oxygens (including phenoxy) is 2. The average molecular weight is 456 g/mol. The van der Waals surface area contributed by atoms with Crippen LogP contribution in [-0.2, 0) is 6.42 Å². The Balaban J connectivity index is 1.37. The molecule has 0 bridgehead atoms. The van der Waals surface area contributed by atoms with E-state index in [1.807, 2.05) is 0 Å². The lowest BCUT2D eigenvalue weighted by molar-refractivity contribution is 0.183. The molecule has 3 heteroatoms. The zero-order chi connectivity index (χ0) is 23.2. The van der Waals surface area contributed by atoms with Crippen molar-refractivity contribution in [1.82, 2.24) is 4.90 Å². The Kier molecular flexibility index (Phi) is 7.50. The van der Waals surface area contributed by atoms with Crippen LogP contribution in [-0.4, -0.2) is 38.3 Å². The normalized spacial score (nSPS) is 19.3. The molecule has 34 heavy (non-hydrogen) atoms. The molecule has 178 valence electrons. The van der Waals surface area contributed by atoms with Crippen molar-refractivity contribution in [2.45, 2.75) is 50.4 Å². The molecule has 0 spiro atoms. The topological polar surface area (TPSA) is 21.7 Å². The van der Waals surface area contributed by atoms with Gasteiger partial charge in [-0.15, -0.1) is 0 Å². The van der Waals surface area contributed by atoms with Gasteiger partial charge in [0.05, 0.1) is 7.11 Å². The van der Waals surface area contributed by atoms with Crippen molar-refractivity contribution in [3.05, 3.63) is 95.1 Å². The first-order valence-corrected chi connectivity index (χ1v) is 13.0. The Morgan fingerprint density at radius 2 is 1.47 bits per heavy atom. The van der Waals surface area contributed by atoms with Gasteiger partial charge in [-0.2, -0.15) is 0 Å². The van der Waals surface area contributed by atoms with Crippen molar-refractivity contribution in [3.63, 3.8) is 0 Å². The number of likely N-dealkylation sites (tertiary alicyclic amines) is 1. The molecule has 1 aliphatic carbocycles. The molecule has 1 saturated heterocycles. The monoisotopic (exact) mass is 455 g/mol. The van der Waals surface area contributed by atoms with Gasteiger partial charge >= 0.3 is 0 Å². The molecule has 3 aromatic rings. The van der Waals surface area contributed by atoms with E-state index in [4.69, 9.17) is 9.47 Å². The van der Waals surface area contributed by atoms with Crippen molar-refractivity contribution in [3.8, 4) is 11.5 Å². The second-order valence-corrected chi connectivity index (χ2v) is 9.77. The molecular formula is C31H37NO2. The van der Waals surface area contributed by atoms with E-state index in [2.05, 4.69) is 77.7 Å². The summed E-state index contributed by atoms with van der Waals surface area (Å²) in [6, 6.07) is 26.6. The van der Waals surface area contributed by atoms with Gasteiger partial charge in [-0.3, -0.25) is 4.90 Å². The van der Waals surface area contributed by atoms with Crippen LogP contribution in [0.25, 0.3) is 0 Å². The molecule has 0 N–H and O–H groups in total. The zero-order valence-corrected chi connectivity index (χ0v) is 20.4. The third-order valence-corrected chi connectivity index (χ3v) is 7.66. The number of hydrogen-bond acceptors (Lipinski definition) is 3. The van der Waals surface area contributed by atoms with Gasteiger partial charge in [-0.05, 0) is 97.6 Å². The quantitative estimate of drug-likeness (QED) is 0.372. The van der Waals surface area contributed by atoms with Crippen molar-refractivity contribution in [2.24, 2.45) is 0 Å². The molecule has 1 fully saturated rings. The molecule has 0 aromatic heterocycles. The zero-order valence-electron chi connectivity index (χ0n) is 20.4. The number of hydrogen-bond donors (Lipinski definition) is 0. The van der Waals surface area contributed by atoms with E-state index in [9.17, 15) is 0 Å². The number of piperidine rings is 1. The molecule has 1 heterocycles. The minimum atomic E-state index is 0.315. The van der Waals surface area contributed by atoms with E-state index in [-0.39, 0.29) is 0 Å². The highest BCUT2D eigenvalue weighted by Crippen LogP contribution is 2.45. The fourth-order valence-corrected chi connectivity index (χ4v) is 5.85. The Bertz CT molecular complexity index is 1040. The van der Waals surface area contributed by atoms with Crippen LogP contribution < -0.4 is 9.47 Å². The van der Waals surface area contributed by atoms with Gasteiger partial charge < -0.3 is 9.47 Å². The average Bonchev–Trinajstić information content (AvgIpc) is 2.91. The smallest absolute Gasteiger partial charge is 0.119 e. The summed E-state index contributed by atoms with van der Waals surface area (Å²) in [5.41, 5.74) is 5.72. The summed E-state index contributed by atoms with van der Waals surface area (Å²) in [5.74, 6) is 2.67. The third-order valence-electron chi connectivity index (χ3n) is 7.66. The number of nitrogens with zero attached hydrogens (tertiary/aromatic N) is 1. The van der Waals surface area contributed by atoms with Crippen LogP contribution in [0.5, 0.6) is 11.5 Å². The number of rotatable bonds is 8. The second kappa shape index (κ2) is 11.1. The Morgan fingerprint density at radius 3 is 2.18 bits per heavy atom. The molecular weight excluding hydrogens is 418 g/mol. The van der Waals surface area contributed by atoms with Crippen LogP contribution in [0, 0.1) is 0 Å². The van der Waals surface area contributed by atoms with Crippen LogP contribution >= 0.6 is 0 Å². The van der Waals surface area contributed by atoms with Crippen molar-refractivity contribution in [1.29, 1.82) is 0 Å². The molecule has 5 rings (SSSR count). The van der Waals surface area contributed by atoms with Crippen LogP contribution in [0.4, 0.5) is 0 Å². The van der Waals surface area contributed by atoms with Gasteiger partial charge in [-0.1, -0.05) is 55.0 Å². The Labute approximate surface area is 204 Å². The number of benzene rings is 3. The standard InChI is InChI=1S/C31H37NO2/c1-33-27-16-12-25(13-17-27)31(30-11-7-9-24-8-3-4-10-29(24)30)26-14-18-28(19-15-26)34-23-22-32-20-5-2-6-21-32/h3-4,8,10,12-19,30-31H,2,5-7,9,11,20-23H2,1H3. The maximum atomic E-state index is 6.12. The lowest BCUT2D eigenvalue weighted by Gasteiger charge is -2.33. The SMILES string of the molecule is COc1ccc(C(c2ccc(OCCN3CCCCC3)cc2)C2CCCc3ccccc32)cc1. The molecule has 0 amide bonds. The van der Waals surface area contributed by atoms with E-state index in [0.717, 1.165) is 24.7 Å².